The fraction of sp³-hybridized carbons (Fsp3) is 0.500. The Morgan fingerprint density at radius 1 is 1.26 bits per heavy atom. The molecule has 0 radical (unpaired) electrons. The lowest BCUT2D eigenvalue weighted by molar-refractivity contribution is -0.138. The number of piperazine rings is 1. The lowest BCUT2D eigenvalue weighted by Gasteiger charge is -2.37. The third-order valence-corrected chi connectivity index (χ3v) is 4.39. The highest BCUT2D eigenvalue weighted by atomic mass is 127. The van der Waals surface area contributed by atoms with E-state index in [4.69, 9.17) is 5.11 Å². The number of carbonyl (C=O) groups is 1. The number of hydrogen-bond acceptors (Lipinski definition) is 3. The van der Waals surface area contributed by atoms with Crippen molar-refractivity contribution in [2.45, 2.75) is 13.0 Å². The van der Waals surface area contributed by atoms with E-state index in [0.717, 1.165) is 26.2 Å². The van der Waals surface area contributed by atoms with Gasteiger partial charge in [-0.15, -0.1) is 0 Å². The molecule has 4 nitrogen and oxygen atoms in total. The van der Waals surface area contributed by atoms with Gasteiger partial charge in [0, 0.05) is 35.8 Å². The molecule has 104 valence electrons. The number of halogens is 1. The smallest absolute Gasteiger partial charge is 0.317 e. The van der Waals surface area contributed by atoms with Crippen molar-refractivity contribution in [3.8, 4) is 0 Å². The molecule has 1 atom stereocenters. The van der Waals surface area contributed by atoms with Crippen LogP contribution in [-0.4, -0.2) is 53.6 Å². The van der Waals surface area contributed by atoms with E-state index in [9.17, 15) is 4.79 Å². The maximum atomic E-state index is 10.7. The van der Waals surface area contributed by atoms with Crippen molar-refractivity contribution in [3.63, 3.8) is 0 Å². The van der Waals surface area contributed by atoms with Crippen LogP contribution in [0, 0.1) is 3.57 Å². The molecule has 0 aliphatic carbocycles. The number of nitrogens with zero attached hydrogens (tertiary/aromatic N) is 2. The first-order chi connectivity index (χ1) is 9.06. The van der Waals surface area contributed by atoms with Crippen molar-refractivity contribution in [3.05, 3.63) is 33.4 Å². The largest absolute Gasteiger partial charge is 0.480 e. The second-order valence-electron chi connectivity index (χ2n) is 4.93. The third kappa shape index (κ3) is 4.15. The van der Waals surface area contributed by atoms with Gasteiger partial charge in [0.2, 0.25) is 0 Å². The number of carboxylic acids is 1. The Balaban J connectivity index is 1.90. The molecular weight excluding hydrogens is 355 g/mol. The lowest BCUT2D eigenvalue weighted by atomic mass is 10.1. The molecule has 1 aromatic rings. The summed E-state index contributed by atoms with van der Waals surface area (Å²) in [6.07, 6.45) is 0. The summed E-state index contributed by atoms with van der Waals surface area (Å²) in [6.45, 7) is 5.91. The van der Waals surface area contributed by atoms with Crippen LogP contribution in [0.15, 0.2) is 24.3 Å². The van der Waals surface area contributed by atoms with Gasteiger partial charge in [-0.1, -0.05) is 12.1 Å². The van der Waals surface area contributed by atoms with E-state index in [1.54, 1.807) is 0 Å². The summed E-state index contributed by atoms with van der Waals surface area (Å²) in [7, 11) is 0. The van der Waals surface area contributed by atoms with Gasteiger partial charge < -0.3 is 5.11 Å². The zero-order valence-electron chi connectivity index (χ0n) is 11.1. The summed E-state index contributed by atoms with van der Waals surface area (Å²) >= 11 is 2.31. The number of carboxylic acid groups (broad SMARTS) is 1. The highest BCUT2D eigenvalue weighted by Crippen LogP contribution is 2.22. The number of aliphatic carboxylic acids is 1. The summed E-state index contributed by atoms with van der Waals surface area (Å²) < 4.78 is 1.25. The van der Waals surface area contributed by atoms with E-state index in [1.165, 1.54) is 9.13 Å². The maximum Gasteiger partial charge on any atom is 0.317 e. The molecule has 5 heteroatoms. The number of rotatable bonds is 4. The summed E-state index contributed by atoms with van der Waals surface area (Å²) in [4.78, 5) is 15.1. The monoisotopic (exact) mass is 374 g/mol. The normalized spacial score (nSPS) is 19.3. The van der Waals surface area contributed by atoms with Crippen LogP contribution in [0.5, 0.6) is 0 Å². The predicted molar refractivity (Wildman–Crippen MR) is 83.2 cm³/mol. The second-order valence-corrected chi connectivity index (χ2v) is 6.18. The van der Waals surface area contributed by atoms with E-state index in [2.05, 4.69) is 58.7 Å². The van der Waals surface area contributed by atoms with Crippen LogP contribution in [0.2, 0.25) is 0 Å². The standard InChI is InChI=1S/C14H19IN2O2/c1-11(12-2-4-13(15)5-3-12)17-8-6-16(7-9-17)10-14(18)19/h2-5,11H,6-10H2,1H3,(H,18,19). The quantitative estimate of drug-likeness (QED) is 0.820. The van der Waals surface area contributed by atoms with Gasteiger partial charge >= 0.3 is 5.97 Å². The van der Waals surface area contributed by atoms with E-state index < -0.39 is 5.97 Å². The molecule has 1 N–H and O–H groups in total. The molecule has 1 saturated heterocycles. The van der Waals surface area contributed by atoms with Crippen LogP contribution in [-0.2, 0) is 4.79 Å². The van der Waals surface area contributed by atoms with Crippen LogP contribution in [0.25, 0.3) is 0 Å². The van der Waals surface area contributed by atoms with Gasteiger partial charge in [0.15, 0.2) is 0 Å². The molecule has 1 heterocycles. The molecule has 0 saturated carbocycles. The Hall–Kier alpha value is -0.660. The highest BCUT2D eigenvalue weighted by molar-refractivity contribution is 14.1. The summed E-state index contributed by atoms with van der Waals surface area (Å²) in [6, 6.07) is 9.01. The average Bonchev–Trinajstić information content (AvgIpc) is 2.39. The van der Waals surface area contributed by atoms with Crippen LogP contribution >= 0.6 is 22.6 Å². The number of benzene rings is 1. The first-order valence-corrected chi connectivity index (χ1v) is 7.58. The summed E-state index contributed by atoms with van der Waals surface area (Å²) in [5, 5.41) is 8.79. The molecule has 0 aromatic heterocycles. The van der Waals surface area contributed by atoms with Gasteiger partial charge in [0.1, 0.15) is 0 Å². The van der Waals surface area contributed by atoms with E-state index in [1.807, 2.05) is 4.90 Å². The Morgan fingerprint density at radius 3 is 2.37 bits per heavy atom. The highest BCUT2D eigenvalue weighted by Gasteiger charge is 2.22. The predicted octanol–water partition coefficient (Wildman–Crippen LogP) is 2.05. The topological polar surface area (TPSA) is 43.8 Å². The lowest BCUT2D eigenvalue weighted by Crippen LogP contribution is -2.48. The molecule has 0 spiro atoms. The molecule has 19 heavy (non-hydrogen) atoms. The number of hydrogen-bond donors (Lipinski definition) is 1. The Morgan fingerprint density at radius 2 is 1.84 bits per heavy atom. The molecule has 2 rings (SSSR count). The van der Waals surface area contributed by atoms with Crippen LogP contribution in [0.1, 0.15) is 18.5 Å². The zero-order valence-corrected chi connectivity index (χ0v) is 13.2. The van der Waals surface area contributed by atoms with Crippen molar-refractivity contribution in [1.29, 1.82) is 0 Å². The third-order valence-electron chi connectivity index (χ3n) is 3.67. The molecule has 0 amide bonds. The fourth-order valence-corrected chi connectivity index (χ4v) is 2.81. The Labute approximate surface area is 127 Å². The molecule has 1 aliphatic rings. The zero-order chi connectivity index (χ0) is 13.8. The van der Waals surface area contributed by atoms with Crippen LogP contribution in [0.4, 0.5) is 0 Å². The van der Waals surface area contributed by atoms with Crippen molar-refractivity contribution < 1.29 is 9.90 Å². The SMILES string of the molecule is CC(c1ccc(I)cc1)N1CCN(CC(=O)O)CC1. The fourth-order valence-electron chi connectivity index (χ4n) is 2.45. The van der Waals surface area contributed by atoms with Crippen LogP contribution < -0.4 is 0 Å². The molecular formula is C14H19IN2O2. The van der Waals surface area contributed by atoms with E-state index in [-0.39, 0.29) is 6.54 Å². The molecule has 0 bridgehead atoms. The minimum Gasteiger partial charge on any atom is -0.480 e. The van der Waals surface area contributed by atoms with Gasteiger partial charge in [0.25, 0.3) is 0 Å². The van der Waals surface area contributed by atoms with Crippen molar-refractivity contribution in [2.24, 2.45) is 0 Å². The van der Waals surface area contributed by atoms with Gasteiger partial charge in [-0.25, -0.2) is 0 Å². The first kappa shape index (κ1) is 14.7. The molecule has 1 aliphatic heterocycles. The molecule has 1 unspecified atom stereocenters. The van der Waals surface area contributed by atoms with Gasteiger partial charge in [0.05, 0.1) is 6.54 Å². The summed E-state index contributed by atoms with van der Waals surface area (Å²) in [5.74, 6) is -0.737. The average molecular weight is 374 g/mol. The maximum absolute atomic E-state index is 10.7. The Bertz CT molecular complexity index is 428. The van der Waals surface area contributed by atoms with Crippen LogP contribution in [0.3, 0.4) is 0 Å². The molecule has 1 fully saturated rings. The Kier molecular flexibility index (Phi) is 5.18. The van der Waals surface area contributed by atoms with E-state index in [0.29, 0.717) is 6.04 Å². The minimum atomic E-state index is -0.737. The van der Waals surface area contributed by atoms with Crippen molar-refractivity contribution in [2.75, 3.05) is 32.7 Å². The second kappa shape index (κ2) is 6.67. The van der Waals surface area contributed by atoms with Gasteiger partial charge in [-0.3, -0.25) is 14.6 Å². The van der Waals surface area contributed by atoms with Crippen molar-refractivity contribution >= 4 is 28.6 Å². The first-order valence-electron chi connectivity index (χ1n) is 6.50. The summed E-state index contributed by atoms with van der Waals surface area (Å²) in [5.41, 5.74) is 1.33. The van der Waals surface area contributed by atoms with Crippen molar-refractivity contribution in [1.82, 2.24) is 9.80 Å². The minimum absolute atomic E-state index is 0.158. The van der Waals surface area contributed by atoms with Gasteiger partial charge in [-0.05, 0) is 47.2 Å². The van der Waals surface area contributed by atoms with Gasteiger partial charge in [-0.2, -0.15) is 0 Å². The molecule has 1 aromatic carbocycles. The van der Waals surface area contributed by atoms with E-state index >= 15 is 0 Å².